The van der Waals surface area contributed by atoms with Gasteiger partial charge in [-0.3, -0.25) is 10.1 Å². The molecule has 0 aromatic heterocycles. The number of anilines is 2. The maximum atomic E-state index is 11.2. The van der Waals surface area contributed by atoms with E-state index >= 15 is 0 Å². The van der Waals surface area contributed by atoms with E-state index in [-0.39, 0.29) is 5.69 Å². The van der Waals surface area contributed by atoms with Crippen molar-refractivity contribution in [3.8, 4) is 0 Å². The fourth-order valence-corrected chi connectivity index (χ4v) is 5.29. The van der Waals surface area contributed by atoms with E-state index in [1.54, 1.807) is 23.9 Å². The van der Waals surface area contributed by atoms with Gasteiger partial charge < -0.3 is 0 Å². The number of nitro benzene ring substituents is 1. The normalized spacial score (nSPS) is 19.8. The Bertz CT molecular complexity index is 1230. The van der Waals surface area contributed by atoms with Crippen LogP contribution in [-0.2, 0) is 4.99 Å². The number of hydrogen-bond acceptors (Lipinski definition) is 7. The number of benzene rings is 3. The van der Waals surface area contributed by atoms with E-state index in [1.165, 1.54) is 12.1 Å². The molecule has 0 saturated carbocycles. The second-order valence-electron chi connectivity index (χ2n) is 7.29. The molecule has 0 amide bonds. The average molecular weight is 430 g/mol. The number of hydrogen-bond donors (Lipinski definition) is 0. The summed E-state index contributed by atoms with van der Waals surface area (Å²) >= 11 is 1.61. The Hall–Kier alpha value is -3.65. The van der Waals surface area contributed by atoms with Gasteiger partial charge in [-0.2, -0.15) is 10.2 Å². The topological polar surface area (TPSA) is 74.3 Å². The summed E-state index contributed by atoms with van der Waals surface area (Å²) in [5.41, 5.74) is 4.76. The molecule has 0 bridgehead atoms. The van der Waals surface area contributed by atoms with Crippen LogP contribution < -0.4 is 10.0 Å². The van der Waals surface area contributed by atoms with Crippen LogP contribution in [0.3, 0.4) is 0 Å². The van der Waals surface area contributed by atoms with Crippen LogP contribution in [-0.4, -0.2) is 15.7 Å². The highest BCUT2D eigenvalue weighted by atomic mass is 32.2. The van der Waals surface area contributed by atoms with Gasteiger partial charge in [-0.25, -0.2) is 10.0 Å². The number of thioether (sulfide) groups is 1. The van der Waals surface area contributed by atoms with Crippen molar-refractivity contribution in [2.24, 2.45) is 10.2 Å². The molecule has 0 N–H and O–H groups in total. The molecule has 0 radical (unpaired) electrons. The zero-order valence-electron chi connectivity index (χ0n) is 17.0. The minimum absolute atomic E-state index is 0.0446. The van der Waals surface area contributed by atoms with Gasteiger partial charge in [0.25, 0.3) is 5.69 Å². The summed E-state index contributed by atoms with van der Waals surface area (Å²) in [6.07, 6.45) is 0. The van der Waals surface area contributed by atoms with E-state index in [2.05, 4.69) is 12.1 Å². The third-order valence-corrected chi connectivity index (χ3v) is 6.56. The molecule has 0 unspecified atom stereocenters. The lowest BCUT2D eigenvalue weighted by molar-refractivity contribution is -0.384. The number of rotatable bonds is 3. The monoisotopic (exact) mass is 429 g/mol. The van der Waals surface area contributed by atoms with E-state index in [9.17, 15) is 10.1 Å². The van der Waals surface area contributed by atoms with E-state index in [1.807, 2.05) is 66.3 Å². The van der Waals surface area contributed by atoms with Crippen molar-refractivity contribution in [3.63, 3.8) is 0 Å². The second kappa shape index (κ2) is 7.24. The molecule has 1 spiro atoms. The number of nitrogens with zero attached hydrogens (tertiary/aromatic N) is 5. The first-order valence-corrected chi connectivity index (χ1v) is 10.6. The van der Waals surface area contributed by atoms with Crippen LogP contribution in [0.4, 0.5) is 17.1 Å². The lowest BCUT2D eigenvalue weighted by Crippen LogP contribution is -2.53. The molecule has 8 heteroatoms. The maximum absolute atomic E-state index is 11.2. The summed E-state index contributed by atoms with van der Waals surface area (Å²) in [7, 11) is 0. The number of non-ortho nitro benzene ring substituents is 1. The van der Waals surface area contributed by atoms with Gasteiger partial charge in [-0.05, 0) is 38.1 Å². The molecular formula is C23H19N5O2S. The minimum Gasteiger partial charge on any atom is -0.258 e. The number of para-hydroxylation sites is 1. The van der Waals surface area contributed by atoms with Crippen LogP contribution in [0.5, 0.6) is 0 Å². The minimum atomic E-state index is -0.794. The van der Waals surface area contributed by atoms with Crippen LogP contribution in [0.1, 0.15) is 25.0 Å². The Labute approximate surface area is 183 Å². The van der Waals surface area contributed by atoms with Crippen molar-refractivity contribution >= 4 is 39.6 Å². The number of hydrazone groups is 2. The van der Waals surface area contributed by atoms with Gasteiger partial charge in [0.1, 0.15) is 0 Å². The fourth-order valence-electron chi connectivity index (χ4n) is 4.00. The lowest BCUT2D eigenvalue weighted by Gasteiger charge is -2.46. The van der Waals surface area contributed by atoms with Crippen LogP contribution in [0.15, 0.2) is 89.1 Å². The Morgan fingerprint density at radius 1 is 0.839 bits per heavy atom. The van der Waals surface area contributed by atoms with Gasteiger partial charge in [-0.1, -0.05) is 54.2 Å². The Morgan fingerprint density at radius 3 is 2.16 bits per heavy atom. The zero-order valence-corrected chi connectivity index (χ0v) is 17.8. The Morgan fingerprint density at radius 2 is 1.45 bits per heavy atom. The van der Waals surface area contributed by atoms with E-state index in [0.29, 0.717) is 0 Å². The Kier molecular flexibility index (Phi) is 4.51. The highest BCUT2D eigenvalue weighted by molar-refractivity contribution is 8.15. The molecule has 3 aromatic carbocycles. The van der Waals surface area contributed by atoms with Crippen molar-refractivity contribution in [3.05, 3.63) is 100 Å². The van der Waals surface area contributed by atoms with E-state index in [0.717, 1.165) is 33.3 Å². The van der Waals surface area contributed by atoms with Crippen molar-refractivity contribution in [1.29, 1.82) is 0 Å². The van der Waals surface area contributed by atoms with E-state index < -0.39 is 9.92 Å². The van der Waals surface area contributed by atoms with Crippen LogP contribution in [0.2, 0.25) is 0 Å². The smallest absolute Gasteiger partial charge is 0.258 e. The van der Waals surface area contributed by atoms with Crippen LogP contribution >= 0.6 is 11.8 Å². The molecule has 0 saturated heterocycles. The standard InChI is InChI=1S/C23H19N5O2S/c1-16-21-10-6-7-11-22(21)23(26(24-16)18-8-4-3-5-9-18)27(25-17(2)31-23)19-12-14-20(15-13-19)28(29)30/h3-15H,1-2H3/t23-/m1/s1. The van der Waals surface area contributed by atoms with E-state index in [4.69, 9.17) is 10.2 Å². The molecular weight excluding hydrogens is 410 g/mol. The second-order valence-corrected chi connectivity index (χ2v) is 8.66. The fraction of sp³-hybridized carbons (Fsp3) is 0.130. The Balaban J connectivity index is 1.75. The SMILES string of the molecule is CC1=NN(c2ccc([N+](=O)[O-])cc2)[C@@]2(S1)c1ccccc1C(C)=NN2c1ccccc1. The quantitative estimate of drug-likeness (QED) is 0.404. The first kappa shape index (κ1) is 19.3. The summed E-state index contributed by atoms with van der Waals surface area (Å²) in [6, 6.07) is 24.7. The summed E-state index contributed by atoms with van der Waals surface area (Å²) < 4.78 is 0. The number of fused-ring (bicyclic) bond motifs is 2. The molecule has 0 aliphatic carbocycles. The molecule has 2 aliphatic heterocycles. The van der Waals surface area contributed by atoms with Gasteiger partial charge in [0.15, 0.2) is 0 Å². The van der Waals surface area contributed by atoms with Crippen molar-refractivity contribution in [2.45, 2.75) is 18.8 Å². The first-order chi connectivity index (χ1) is 15.0. The molecule has 5 rings (SSSR count). The van der Waals surface area contributed by atoms with Crippen molar-refractivity contribution in [2.75, 3.05) is 10.0 Å². The maximum Gasteiger partial charge on any atom is 0.269 e. The van der Waals surface area contributed by atoms with Crippen LogP contribution in [0, 0.1) is 10.1 Å². The number of nitro groups is 1. The van der Waals surface area contributed by atoms with Gasteiger partial charge in [0.05, 0.1) is 27.1 Å². The predicted molar refractivity (Wildman–Crippen MR) is 126 cm³/mol. The molecule has 2 aliphatic rings. The van der Waals surface area contributed by atoms with Crippen molar-refractivity contribution < 1.29 is 4.92 Å². The molecule has 7 nitrogen and oxygen atoms in total. The van der Waals surface area contributed by atoms with Crippen molar-refractivity contribution in [1.82, 2.24) is 0 Å². The average Bonchev–Trinajstić information content (AvgIpc) is 3.14. The molecule has 2 heterocycles. The highest BCUT2D eigenvalue weighted by Crippen LogP contribution is 2.54. The van der Waals surface area contributed by atoms with Crippen LogP contribution in [0.25, 0.3) is 0 Å². The van der Waals surface area contributed by atoms with Gasteiger partial charge in [-0.15, -0.1) is 0 Å². The largest absolute Gasteiger partial charge is 0.269 e. The molecule has 154 valence electrons. The third kappa shape index (κ3) is 2.98. The highest BCUT2D eigenvalue weighted by Gasteiger charge is 2.54. The molecule has 1 atom stereocenters. The summed E-state index contributed by atoms with van der Waals surface area (Å²) in [4.78, 5) is 9.96. The molecule has 0 fully saturated rings. The van der Waals surface area contributed by atoms with Gasteiger partial charge in [0, 0.05) is 23.3 Å². The first-order valence-electron chi connectivity index (χ1n) is 9.80. The summed E-state index contributed by atoms with van der Waals surface area (Å²) in [5, 5.41) is 25.8. The summed E-state index contributed by atoms with van der Waals surface area (Å²) in [5.74, 6) is 0. The van der Waals surface area contributed by atoms with Gasteiger partial charge >= 0.3 is 0 Å². The zero-order chi connectivity index (χ0) is 21.6. The molecule has 31 heavy (non-hydrogen) atoms. The lowest BCUT2D eigenvalue weighted by atomic mass is 9.98. The van der Waals surface area contributed by atoms with Gasteiger partial charge in [0.2, 0.25) is 4.99 Å². The summed E-state index contributed by atoms with van der Waals surface area (Å²) in [6.45, 7) is 3.97. The predicted octanol–water partition coefficient (Wildman–Crippen LogP) is 5.54. The molecule has 3 aromatic rings. The third-order valence-electron chi connectivity index (χ3n) is 5.33.